The SMILES string of the molecule is Cc1noc(=O)n1-c1ccc(F)c(Cl)c1. The lowest BCUT2D eigenvalue weighted by Gasteiger charge is -2.02. The van der Waals surface area contributed by atoms with Gasteiger partial charge in [-0.15, -0.1) is 0 Å². The van der Waals surface area contributed by atoms with E-state index in [0.717, 1.165) is 0 Å². The van der Waals surface area contributed by atoms with E-state index in [4.69, 9.17) is 11.6 Å². The molecule has 4 nitrogen and oxygen atoms in total. The standard InChI is InChI=1S/C9H6ClFN2O2/c1-5-12-15-9(14)13(5)6-2-3-8(11)7(10)4-6/h2-4H,1H3. The number of nitrogens with zero attached hydrogens (tertiary/aromatic N) is 2. The molecular formula is C9H6ClFN2O2. The lowest BCUT2D eigenvalue weighted by molar-refractivity contribution is 0.380. The Hall–Kier alpha value is -1.62. The van der Waals surface area contributed by atoms with Crippen LogP contribution in [0.15, 0.2) is 27.5 Å². The van der Waals surface area contributed by atoms with Gasteiger partial charge in [-0.25, -0.2) is 13.8 Å². The molecule has 0 saturated heterocycles. The minimum atomic E-state index is -0.629. The van der Waals surface area contributed by atoms with Crippen LogP contribution < -0.4 is 5.76 Å². The summed E-state index contributed by atoms with van der Waals surface area (Å²) in [5.74, 6) is -0.791. The fourth-order valence-electron chi connectivity index (χ4n) is 1.24. The number of hydrogen-bond donors (Lipinski definition) is 0. The Labute approximate surface area is 88.9 Å². The second-order valence-electron chi connectivity index (χ2n) is 2.93. The molecule has 1 heterocycles. The Morgan fingerprint density at radius 1 is 1.53 bits per heavy atom. The average molecular weight is 229 g/mol. The first-order valence-corrected chi connectivity index (χ1v) is 4.48. The second-order valence-corrected chi connectivity index (χ2v) is 3.34. The minimum Gasteiger partial charge on any atom is -0.296 e. The molecule has 0 amide bonds. The summed E-state index contributed by atoms with van der Waals surface area (Å²) < 4.78 is 18.5. The van der Waals surface area contributed by atoms with Crippen molar-refractivity contribution in [1.29, 1.82) is 0 Å². The minimum absolute atomic E-state index is 0.0556. The molecule has 0 saturated carbocycles. The Morgan fingerprint density at radius 3 is 2.80 bits per heavy atom. The number of rotatable bonds is 1. The predicted molar refractivity (Wildman–Crippen MR) is 51.8 cm³/mol. The maximum atomic E-state index is 12.9. The monoisotopic (exact) mass is 228 g/mol. The fourth-order valence-corrected chi connectivity index (χ4v) is 1.41. The third-order valence-electron chi connectivity index (χ3n) is 1.92. The normalized spacial score (nSPS) is 10.6. The van der Waals surface area contributed by atoms with Gasteiger partial charge < -0.3 is 0 Å². The van der Waals surface area contributed by atoms with Gasteiger partial charge >= 0.3 is 5.76 Å². The van der Waals surface area contributed by atoms with E-state index in [1.54, 1.807) is 6.92 Å². The predicted octanol–water partition coefficient (Wildman–Crippen LogP) is 1.93. The summed E-state index contributed by atoms with van der Waals surface area (Å²) >= 11 is 5.59. The molecule has 0 fully saturated rings. The first-order valence-electron chi connectivity index (χ1n) is 4.10. The van der Waals surface area contributed by atoms with Gasteiger partial charge in [0.1, 0.15) is 5.82 Å². The zero-order valence-corrected chi connectivity index (χ0v) is 8.45. The quantitative estimate of drug-likeness (QED) is 0.749. The Kier molecular flexibility index (Phi) is 2.32. The van der Waals surface area contributed by atoms with Gasteiger partial charge in [0, 0.05) is 0 Å². The van der Waals surface area contributed by atoms with Gasteiger partial charge in [0.15, 0.2) is 5.82 Å². The summed E-state index contributed by atoms with van der Waals surface area (Å²) in [7, 11) is 0. The van der Waals surface area contributed by atoms with Gasteiger partial charge in [0.05, 0.1) is 10.7 Å². The van der Waals surface area contributed by atoms with Gasteiger partial charge in [-0.3, -0.25) is 4.52 Å². The summed E-state index contributed by atoms with van der Waals surface area (Å²) in [5.41, 5.74) is 0.421. The van der Waals surface area contributed by atoms with Gasteiger partial charge in [-0.05, 0) is 25.1 Å². The molecule has 0 aliphatic rings. The molecule has 1 aromatic carbocycles. The van der Waals surface area contributed by atoms with Crippen molar-refractivity contribution < 1.29 is 8.91 Å². The van der Waals surface area contributed by atoms with E-state index in [1.165, 1.54) is 22.8 Å². The van der Waals surface area contributed by atoms with Crippen LogP contribution in [0.3, 0.4) is 0 Å². The van der Waals surface area contributed by atoms with E-state index >= 15 is 0 Å². The molecule has 0 aliphatic heterocycles. The van der Waals surface area contributed by atoms with Crippen molar-refractivity contribution in [2.24, 2.45) is 0 Å². The van der Waals surface area contributed by atoms with E-state index in [9.17, 15) is 9.18 Å². The van der Waals surface area contributed by atoms with Gasteiger partial charge in [-0.1, -0.05) is 16.8 Å². The molecule has 1 aromatic heterocycles. The maximum Gasteiger partial charge on any atom is 0.446 e. The Balaban J connectivity index is 2.65. The molecule has 0 bridgehead atoms. The number of benzene rings is 1. The van der Waals surface area contributed by atoms with Crippen LogP contribution in [-0.4, -0.2) is 9.72 Å². The average Bonchev–Trinajstić information content (AvgIpc) is 2.52. The number of aryl methyl sites for hydroxylation is 1. The summed E-state index contributed by atoms with van der Waals surface area (Å²) in [6, 6.07) is 3.94. The van der Waals surface area contributed by atoms with Crippen LogP contribution in [0.2, 0.25) is 5.02 Å². The van der Waals surface area contributed by atoms with Gasteiger partial charge in [0.2, 0.25) is 0 Å². The molecule has 0 N–H and O–H groups in total. The molecule has 6 heteroatoms. The Bertz CT molecular complexity index is 561. The van der Waals surface area contributed by atoms with Crippen LogP contribution in [-0.2, 0) is 0 Å². The molecule has 2 aromatic rings. The molecule has 15 heavy (non-hydrogen) atoms. The highest BCUT2D eigenvalue weighted by atomic mass is 35.5. The molecule has 78 valence electrons. The summed E-state index contributed by atoms with van der Waals surface area (Å²) in [6.45, 7) is 1.60. The van der Waals surface area contributed by atoms with E-state index in [2.05, 4.69) is 9.68 Å². The lowest BCUT2D eigenvalue weighted by Crippen LogP contribution is -2.13. The zero-order valence-electron chi connectivity index (χ0n) is 7.70. The summed E-state index contributed by atoms with van der Waals surface area (Å²) in [5, 5.41) is 3.43. The van der Waals surface area contributed by atoms with E-state index < -0.39 is 11.6 Å². The van der Waals surface area contributed by atoms with E-state index in [1.807, 2.05) is 0 Å². The topological polar surface area (TPSA) is 48.0 Å². The van der Waals surface area contributed by atoms with Crippen molar-refractivity contribution in [2.75, 3.05) is 0 Å². The van der Waals surface area contributed by atoms with Crippen LogP contribution in [0.4, 0.5) is 4.39 Å². The summed E-state index contributed by atoms with van der Waals surface area (Å²) in [6.07, 6.45) is 0. The third-order valence-corrected chi connectivity index (χ3v) is 2.21. The molecule has 0 radical (unpaired) electrons. The fraction of sp³-hybridized carbons (Fsp3) is 0.111. The van der Waals surface area contributed by atoms with Crippen molar-refractivity contribution in [3.8, 4) is 5.69 Å². The molecule has 0 spiro atoms. The van der Waals surface area contributed by atoms with Crippen LogP contribution in [0, 0.1) is 12.7 Å². The van der Waals surface area contributed by atoms with Crippen molar-refractivity contribution in [3.05, 3.63) is 45.4 Å². The van der Waals surface area contributed by atoms with Crippen LogP contribution in [0.5, 0.6) is 0 Å². The van der Waals surface area contributed by atoms with Gasteiger partial charge in [0.25, 0.3) is 0 Å². The number of aromatic nitrogens is 2. The molecule has 2 rings (SSSR count). The van der Waals surface area contributed by atoms with Crippen molar-refractivity contribution in [3.63, 3.8) is 0 Å². The summed E-state index contributed by atoms with van der Waals surface area (Å²) in [4.78, 5) is 11.2. The first kappa shape index (κ1) is 9.92. The van der Waals surface area contributed by atoms with Crippen molar-refractivity contribution in [2.45, 2.75) is 6.92 Å². The van der Waals surface area contributed by atoms with Crippen LogP contribution in [0.1, 0.15) is 5.82 Å². The van der Waals surface area contributed by atoms with E-state index in [0.29, 0.717) is 11.5 Å². The molecule has 0 unspecified atom stereocenters. The van der Waals surface area contributed by atoms with Crippen LogP contribution in [0.25, 0.3) is 5.69 Å². The highest BCUT2D eigenvalue weighted by molar-refractivity contribution is 6.30. The third kappa shape index (κ3) is 1.66. The van der Waals surface area contributed by atoms with E-state index in [-0.39, 0.29) is 5.02 Å². The highest BCUT2D eigenvalue weighted by Crippen LogP contribution is 2.18. The first-order chi connectivity index (χ1) is 7.09. The highest BCUT2D eigenvalue weighted by Gasteiger charge is 2.10. The van der Waals surface area contributed by atoms with Crippen molar-refractivity contribution in [1.82, 2.24) is 9.72 Å². The number of halogens is 2. The lowest BCUT2D eigenvalue weighted by atomic mass is 10.3. The second kappa shape index (κ2) is 3.51. The number of hydrogen-bond acceptors (Lipinski definition) is 3. The van der Waals surface area contributed by atoms with Crippen molar-refractivity contribution >= 4 is 11.6 Å². The van der Waals surface area contributed by atoms with Gasteiger partial charge in [-0.2, -0.15) is 0 Å². The van der Waals surface area contributed by atoms with Crippen LogP contribution >= 0.6 is 11.6 Å². The Morgan fingerprint density at radius 2 is 2.27 bits per heavy atom. The molecular weight excluding hydrogens is 223 g/mol. The zero-order chi connectivity index (χ0) is 11.0. The molecule has 0 aliphatic carbocycles. The smallest absolute Gasteiger partial charge is 0.296 e. The largest absolute Gasteiger partial charge is 0.446 e. The maximum absolute atomic E-state index is 12.9. The molecule has 0 atom stereocenters.